The molecule has 0 atom stereocenters. The Morgan fingerprint density at radius 1 is 1.11 bits per heavy atom. The Balaban J connectivity index is 1.75. The Bertz CT molecular complexity index is 430. The first-order valence-electron chi connectivity index (χ1n) is 7.19. The van der Waals surface area contributed by atoms with E-state index < -0.39 is 0 Å². The lowest BCUT2D eigenvalue weighted by atomic mass is 9.99. The van der Waals surface area contributed by atoms with E-state index >= 15 is 0 Å². The van der Waals surface area contributed by atoms with Crippen LogP contribution in [0.2, 0.25) is 0 Å². The molecular formula is C16H21NO. The van der Waals surface area contributed by atoms with Crippen molar-refractivity contribution in [1.82, 2.24) is 4.90 Å². The molecule has 2 aliphatic rings. The van der Waals surface area contributed by atoms with Crippen LogP contribution >= 0.6 is 0 Å². The number of nitrogens with zero attached hydrogens (tertiary/aromatic N) is 1. The lowest BCUT2D eigenvalue weighted by Gasteiger charge is -2.27. The highest BCUT2D eigenvalue weighted by Gasteiger charge is 2.31. The van der Waals surface area contributed by atoms with Gasteiger partial charge in [-0.2, -0.15) is 0 Å². The van der Waals surface area contributed by atoms with Gasteiger partial charge in [0.05, 0.1) is 0 Å². The van der Waals surface area contributed by atoms with Crippen LogP contribution in [-0.4, -0.2) is 23.8 Å². The van der Waals surface area contributed by atoms with Gasteiger partial charge in [-0.1, -0.05) is 30.7 Å². The number of carbonyl (C=O) groups is 1. The number of hydrogen-bond acceptors (Lipinski definition) is 2. The molecule has 1 aromatic rings. The van der Waals surface area contributed by atoms with Crippen molar-refractivity contribution in [2.45, 2.75) is 38.6 Å². The molecule has 2 heteroatoms. The van der Waals surface area contributed by atoms with Gasteiger partial charge in [0.2, 0.25) is 0 Å². The number of ketones is 1. The molecule has 0 unspecified atom stereocenters. The number of Topliss-reactive ketones (excluding diaryl/α,β-unsaturated/α-hetero) is 1. The molecule has 1 heterocycles. The van der Waals surface area contributed by atoms with Gasteiger partial charge in [-0.05, 0) is 44.3 Å². The Morgan fingerprint density at radius 2 is 1.83 bits per heavy atom. The fourth-order valence-electron chi connectivity index (χ4n) is 2.82. The van der Waals surface area contributed by atoms with Crippen molar-refractivity contribution in [3.8, 4) is 0 Å². The summed E-state index contributed by atoms with van der Waals surface area (Å²) in [5.74, 6) is 0.704. The molecule has 1 aliphatic carbocycles. The first kappa shape index (κ1) is 11.9. The molecule has 1 aromatic carbocycles. The van der Waals surface area contributed by atoms with Crippen molar-refractivity contribution in [1.29, 1.82) is 0 Å². The maximum absolute atomic E-state index is 12.3. The highest BCUT2D eigenvalue weighted by Crippen LogP contribution is 2.33. The second kappa shape index (κ2) is 5.23. The van der Waals surface area contributed by atoms with Gasteiger partial charge in [0, 0.05) is 18.0 Å². The molecule has 1 aliphatic heterocycles. The first-order valence-corrected chi connectivity index (χ1v) is 7.19. The predicted octanol–water partition coefficient (Wildman–Crippen LogP) is 3.27. The molecule has 0 radical (unpaired) electrons. The zero-order valence-electron chi connectivity index (χ0n) is 10.9. The molecule has 3 rings (SSSR count). The normalized spacial score (nSPS) is 20.9. The Kier molecular flexibility index (Phi) is 3.46. The van der Waals surface area contributed by atoms with Crippen LogP contribution in [0.25, 0.3) is 0 Å². The molecule has 1 saturated heterocycles. The van der Waals surface area contributed by atoms with E-state index in [4.69, 9.17) is 0 Å². The van der Waals surface area contributed by atoms with E-state index in [1.54, 1.807) is 0 Å². The van der Waals surface area contributed by atoms with Crippen molar-refractivity contribution < 1.29 is 4.79 Å². The maximum atomic E-state index is 12.3. The van der Waals surface area contributed by atoms with Crippen LogP contribution in [0.15, 0.2) is 24.3 Å². The fourth-order valence-corrected chi connectivity index (χ4v) is 2.82. The molecule has 0 N–H and O–H groups in total. The summed E-state index contributed by atoms with van der Waals surface area (Å²) in [5.41, 5.74) is 2.21. The highest BCUT2D eigenvalue weighted by molar-refractivity contribution is 6.00. The van der Waals surface area contributed by atoms with E-state index in [0.717, 1.165) is 24.9 Å². The summed E-state index contributed by atoms with van der Waals surface area (Å²) in [6.45, 7) is 3.33. The quantitative estimate of drug-likeness (QED) is 0.756. The lowest BCUT2D eigenvalue weighted by molar-refractivity contribution is 0.0965. The minimum Gasteiger partial charge on any atom is -0.299 e. The van der Waals surface area contributed by atoms with E-state index in [2.05, 4.69) is 17.0 Å². The van der Waals surface area contributed by atoms with E-state index in [9.17, 15) is 4.79 Å². The zero-order chi connectivity index (χ0) is 12.4. The summed E-state index contributed by atoms with van der Waals surface area (Å²) in [4.78, 5) is 14.7. The van der Waals surface area contributed by atoms with Crippen molar-refractivity contribution >= 4 is 5.78 Å². The second-order valence-corrected chi connectivity index (χ2v) is 5.63. The van der Waals surface area contributed by atoms with Crippen LogP contribution < -0.4 is 0 Å². The molecule has 18 heavy (non-hydrogen) atoms. The van der Waals surface area contributed by atoms with E-state index in [1.165, 1.54) is 37.9 Å². The second-order valence-electron chi connectivity index (χ2n) is 5.63. The van der Waals surface area contributed by atoms with Crippen LogP contribution in [0.5, 0.6) is 0 Å². The van der Waals surface area contributed by atoms with Crippen LogP contribution in [-0.2, 0) is 6.54 Å². The predicted molar refractivity (Wildman–Crippen MR) is 72.6 cm³/mol. The van der Waals surface area contributed by atoms with Gasteiger partial charge in [-0.15, -0.1) is 0 Å². The molecule has 96 valence electrons. The Labute approximate surface area is 109 Å². The molecule has 0 aromatic heterocycles. The maximum Gasteiger partial charge on any atom is 0.166 e. The van der Waals surface area contributed by atoms with Crippen LogP contribution in [0, 0.1) is 5.92 Å². The van der Waals surface area contributed by atoms with Crippen molar-refractivity contribution in [2.24, 2.45) is 5.92 Å². The number of piperidine rings is 1. The summed E-state index contributed by atoms with van der Waals surface area (Å²) < 4.78 is 0. The third-order valence-corrected chi connectivity index (χ3v) is 4.07. The standard InChI is InChI=1S/C16H21NO/c18-16(13-8-9-13)15-7-3-2-6-14(15)12-17-10-4-1-5-11-17/h2-3,6-7,13H,1,4-5,8-12H2. The summed E-state index contributed by atoms with van der Waals surface area (Å²) in [5, 5.41) is 0. The van der Waals surface area contributed by atoms with Gasteiger partial charge in [0.1, 0.15) is 0 Å². The number of carbonyl (C=O) groups excluding carboxylic acids is 1. The van der Waals surface area contributed by atoms with Gasteiger partial charge in [-0.3, -0.25) is 9.69 Å². The summed E-state index contributed by atoms with van der Waals surface area (Å²) in [6.07, 6.45) is 6.16. The molecule has 0 amide bonds. The minimum absolute atomic E-state index is 0.326. The van der Waals surface area contributed by atoms with Crippen LogP contribution in [0.3, 0.4) is 0 Å². The summed E-state index contributed by atoms with van der Waals surface area (Å²) in [6, 6.07) is 8.20. The van der Waals surface area contributed by atoms with Crippen molar-refractivity contribution in [2.75, 3.05) is 13.1 Å². The van der Waals surface area contributed by atoms with Crippen molar-refractivity contribution in [3.05, 3.63) is 35.4 Å². The third-order valence-electron chi connectivity index (χ3n) is 4.07. The first-order chi connectivity index (χ1) is 8.84. The molecule has 0 bridgehead atoms. The lowest BCUT2D eigenvalue weighted by Crippen LogP contribution is -2.29. The molecule has 0 spiro atoms. The smallest absolute Gasteiger partial charge is 0.166 e. The zero-order valence-corrected chi connectivity index (χ0v) is 10.9. The Hall–Kier alpha value is -1.15. The van der Waals surface area contributed by atoms with Crippen molar-refractivity contribution in [3.63, 3.8) is 0 Å². The Morgan fingerprint density at radius 3 is 2.56 bits per heavy atom. The average Bonchev–Trinajstić information content (AvgIpc) is 3.24. The number of rotatable bonds is 4. The largest absolute Gasteiger partial charge is 0.299 e. The van der Waals surface area contributed by atoms with Gasteiger partial charge in [0.15, 0.2) is 5.78 Å². The number of likely N-dealkylation sites (tertiary alicyclic amines) is 1. The highest BCUT2D eigenvalue weighted by atomic mass is 16.1. The topological polar surface area (TPSA) is 20.3 Å². The number of hydrogen-bond donors (Lipinski definition) is 0. The van der Waals surface area contributed by atoms with Gasteiger partial charge >= 0.3 is 0 Å². The van der Waals surface area contributed by atoms with Crippen LogP contribution in [0.1, 0.15) is 48.0 Å². The third kappa shape index (κ3) is 2.64. The van der Waals surface area contributed by atoms with E-state index in [1.807, 2.05) is 12.1 Å². The summed E-state index contributed by atoms with van der Waals surface area (Å²) >= 11 is 0. The van der Waals surface area contributed by atoms with Crippen LogP contribution in [0.4, 0.5) is 0 Å². The SMILES string of the molecule is O=C(c1ccccc1CN1CCCCC1)C1CC1. The van der Waals surface area contributed by atoms with E-state index in [0.29, 0.717) is 11.7 Å². The molecule has 2 fully saturated rings. The minimum atomic E-state index is 0.326. The average molecular weight is 243 g/mol. The monoisotopic (exact) mass is 243 g/mol. The number of benzene rings is 1. The van der Waals surface area contributed by atoms with Gasteiger partial charge in [-0.25, -0.2) is 0 Å². The molecular weight excluding hydrogens is 222 g/mol. The fraction of sp³-hybridized carbons (Fsp3) is 0.562. The molecule has 1 saturated carbocycles. The molecule has 2 nitrogen and oxygen atoms in total. The van der Waals surface area contributed by atoms with Gasteiger partial charge < -0.3 is 0 Å². The van der Waals surface area contributed by atoms with Gasteiger partial charge in [0.25, 0.3) is 0 Å². The summed E-state index contributed by atoms with van der Waals surface area (Å²) in [7, 11) is 0. The van der Waals surface area contributed by atoms with E-state index in [-0.39, 0.29) is 0 Å².